The maximum absolute atomic E-state index is 4.26. The first-order valence-corrected chi connectivity index (χ1v) is 7.92. The zero-order valence-electron chi connectivity index (χ0n) is 11.7. The molecule has 1 unspecified atom stereocenters. The minimum Gasteiger partial charge on any atom is -0.378 e. The van der Waals surface area contributed by atoms with Crippen LogP contribution in [0.4, 0.5) is 5.69 Å². The van der Waals surface area contributed by atoms with Crippen molar-refractivity contribution in [2.45, 2.75) is 13.0 Å². The normalized spacial score (nSPS) is 12.1. The van der Waals surface area contributed by atoms with Gasteiger partial charge in [-0.3, -0.25) is 0 Å². The predicted octanol–water partition coefficient (Wildman–Crippen LogP) is 4.65. The van der Waals surface area contributed by atoms with Crippen LogP contribution in [0.5, 0.6) is 0 Å². The van der Waals surface area contributed by atoms with Crippen molar-refractivity contribution in [3.63, 3.8) is 0 Å². The molecule has 0 spiro atoms. The number of nitrogens with one attached hydrogen (secondary N) is 1. The fourth-order valence-electron chi connectivity index (χ4n) is 2.24. The van der Waals surface area contributed by atoms with Gasteiger partial charge in [0, 0.05) is 27.7 Å². The molecule has 3 rings (SSSR count). The molecule has 0 saturated heterocycles. The lowest BCUT2D eigenvalue weighted by Gasteiger charge is -2.16. The summed E-state index contributed by atoms with van der Waals surface area (Å²) in [6.45, 7) is 2.17. The third-order valence-corrected chi connectivity index (χ3v) is 4.09. The smallest absolute Gasteiger partial charge is 0.0666 e. The van der Waals surface area contributed by atoms with E-state index in [1.807, 2.05) is 29.1 Å². The van der Waals surface area contributed by atoms with E-state index in [1.54, 1.807) is 6.20 Å². The molecular formula is C17H16IN3. The highest BCUT2D eigenvalue weighted by molar-refractivity contribution is 14.1. The van der Waals surface area contributed by atoms with Crippen LogP contribution in [-0.2, 0) is 0 Å². The third-order valence-electron chi connectivity index (χ3n) is 3.37. The first-order valence-electron chi connectivity index (χ1n) is 6.84. The van der Waals surface area contributed by atoms with Gasteiger partial charge in [0.1, 0.15) is 0 Å². The van der Waals surface area contributed by atoms with E-state index in [9.17, 15) is 0 Å². The first-order chi connectivity index (χ1) is 10.2. The molecule has 0 aliphatic carbocycles. The summed E-state index contributed by atoms with van der Waals surface area (Å²) in [6.07, 6.45) is 3.73. The lowest BCUT2D eigenvalue weighted by atomic mass is 10.1. The van der Waals surface area contributed by atoms with Gasteiger partial charge in [-0.2, -0.15) is 5.10 Å². The Kier molecular flexibility index (Phi) is 4.24. The van der Waals surface area contributed by atoms with Crippen LogP contribution in [0.2, 0.25) is 0 Å². The SMILES string of the molecule is CC(Nc1cccc(-n2cccn2)c1)c1ccc(I)cc1. The van der Waals surface area contributed by atoms with E-state index in [0.717, 1.165) is 11.4 Å². The molecule has 3 nitrogen and oxygen atoms in total. The molecule has 21 heavy (non-hydrogen) atoms. The van der Waals surface area contributed by atoms with E-state index in [4.69, 9.17) is 0 Å². The lowest BCUT2D eigenvalue weighted by Crippen LogP contribution is -2.07. The Morgan fingerprint density at radius 1 is 1.10 bits per heavy atom. The Balaban J connectivity index is 1.78. The molecular weight excluding hydrogens is 373 g/mol. The Bertz CT molecular complexity index is 705. The molecule has 1 atom stereocenters. The number of hydrogen-bond donors (Lipinski definition) is 1. The number of anilines is 1. The largest absolute Gasteiger partial charge is 0.378 e. The summed E-state index contributed by atoms with van der Waals surface area (Å²) in [5.41, 5.74) is 3.42. The Labute approximate surface area is 138 Å². The van der Waals surface area contributed by atoms with Gasteiger partial charge in [0.2, 0.25) is 0 Å². The second-order valence-corrected chi connectivity index (χ2v) is 6.16. The Morgan fingerprint density at radius 2 is 1.90 bits per heavy atom. The highest BCUT2D eigenvalue weighted by atomic mass is 127. The minimum absolute atomic E-state index is 0.259. The number of hydrogen-bond acceptors (Lipinski definition) is 2. The quantitative estimate of drug-likeness (QED) is 0.659. The van der Waals surface area contributed by atoms with Crippen molar-refractivity contribution in [3.05, 3.63) is 76.1 Å². The summed E-state index contributed by atoms with van der Waals surface area (Å²) in [6, 6.07) is 19.1. The van der Waals surface area contributed by atoms with Gasteiger partial charge in [-0.05, 0) is 71.5 Å². The van der Waals surface area contributed by atoms with Crippen LogP contribution in [0.25, 0.3) is 5.69 Å². The molecule has 2 aromatic carbocycles. The first kappa shape index (κ1) is 14.1. The predicted molar refractivity (Wildman–Crippen MR) is 94.8 cm³/mol. The number of rotatable bonds is 4. The van der Waals surface area contributed by atoms with Gasteiger partial charge in [0.25, 0.3) is 0 Å². The van der Waals surface area contributed by atoms with Crippen LogP contribution >= 0.6 is 22.6 Å². The molecule has 0 aliphatic rings. The Morgan fingerprint density at radius 3 is 2.62 bits per heavy atom. The third kappa shape index (κ3) is 3.44. The van der Waals surface area contributed by atoms with E-state index >= 15 is 0 Å². The topological polar surface area (TPSA) is 29.9 Å². The summed E-state index contributed by atoms with van der Waals surface area (Å²) >= 11 is 2.32. The highest BCUT2D eigenvalue weighted by Gasteiger charge is 2.06. The monoisotopic (exact) mass is 389 g/mol. The zero-order valence-corrected chi connectivity index (χ0v) is 13.9. The molecule has 0 aliphatic heterocycles. The molecule has 0 amide bonds. The molecule has 106 valence electrons. The van der Waals surface area contributed by atoms with Gasteiger partial charge in [-0.15, -0.1) is 0 Å². The van der Waals surface area contributed by atoms with Crippen molar-refractivity contribution < 1.29 is 0 Å². The summed E-state index contributed by atoms with van der Waals surface area (Å²) < 4.78 is 3.12. The lowest BCUT2D eigenvalue weighted by molar-refractivity contribution is 0.869. The fourth-order valence-corrected chi connectivity index (χ4v) is 2.60. The molecule has 0 fully saturated rings. The maximum Gasteiger partial charge on any atom is 0.0666 e. The molecule has 0 radical (unpaired) electrons. The van der Waals surface area contributed by atoms with Gasteiger partial charge < -0.3 is 5.32 Å². The average molecular weight is 389 g/mol. The molecule has 1 aromatic heterocycles. The molecule has 1 heterocycles. The molecule has 3 aromatic rings. The van der Waals surface area contributed by atoms with Crippen molar-refractivity contribution in [2.75, 3.05) is 5.32 Å². The fraction of sp³-hybridized carbons (Fsp3) is 0.118. The van der Waals surface area contributed by atoms with Gasteiger partial charge in [0.15, 0.2) is 0 Å². The van der Waals surface area contributed by atoms with E-state index < -0.39 is 0 Å². The number of benzene rings is 2. The van der Waals surface area contributed by atoms with Crippen LogP contribution in [0.1, 0.15) is 18.5 Å². The summed E-state index contributed by atoms with van der Waals surface area (Å²) in [5, 5.41) is 7.80. The number of aromatic nitrogens is 2. The minimum atomic E-state index is 0.259. The zero-order chi connectivity index (χ0) is 14.7. The van der Waals surface area contributed by atoms with E-state index in [2.05, 4.69) is 76.3 Å². The number of halogens is 1. The van der Waals surface area contributed by atoms with E-state index in [0.29, 0.717) is 0 Å². The van der Waals surface area contributed by atoms with E-state index in [-0.39, 0.29) is 6.04 Å². The Hall–Kier alpha value is -1.82. The van der Waals surface area contributed by atoms with Crippen molar-refractivity contribution in [2.24, 2.45) is 0 Å². The van der Waals surface area contributed by atoms with Crippen LogP contribution in [0, 0.1) is 3.57 Å². The highest BCUT2D eigenvalue weighted by Crippen LogP contribution is 2.21. The average Bonchev–Trinajstić information content (AvgIpc) is 3.02. The summed E-state index contributed by atoms with van der Waals surface area (Å²) in [4.78, 5) is 0. The second kappa shape index (κ2) is 6.30. The number of nitrogens with zero attached hydrogens (tertiary/aromatic N) is 2. The molecule has 0 saturated carbocycles. The molecule has 1 N–H and O–H groups in total. The van der Waals surface area contributed by atoms with Crippen LogP contribution in [-0.4, -0.2) is 9.78 Å². The van der Waals surface area contributed by atoms with Gasteiger partial charge in [0.05, 0.1) is 5.69 Å². The van der Waals surface area contributed by atoms with Crippen molar-refractivity contribution in [1.82, 2.24) is 9.78 Å². The maximum atomic E-state index is 4.26. The van der Waals surface area contributed by atoms with Crippen molar-refractivity contribution in [1.29, 1.82) is 0 Å². The molecule has 4 heteroatoms. The second-order valence-electron chi connectivity index (χ2n) is 4.92. The van der Waals surface area contributed by atoms with E-state index in [1.165, 1.54) is 9.13 Å². The van der Waals surface area contributed by atoms with Crippen molar-refractivity contribution in [3.8, 4) is 5.69 Å². The van der Waals surface area contributed by atoms with Gasteiger partial charge >= 0.3 is 0 Å². The summed E-state index contributed by atoms with van der Waals surface area (Å²) in [5.74, 6) is 0. The van der Waals surface area contributed by atoms with Crippen LogP contribution < -0.4 is 5.32 Å². The van der Waals surface area contributed by atoms with Gasteiger partial charge in [-0.25, -0.2) is 4.68 Å². The van der Waals surface area contributed by atoms with Gasteiger partial charge in [-0.1, -0.05) is 18.2 Å². The standard InChI is InChI=1S/C17H16IN3/c1-13(14-6-8-15(18)9-7-14)20-16-4-2-5-17(12-16)21-11-3-10-19-21/h2-13,20H,1H3. The van der Waals surface area contributed by atoms with Crippen LogP contribution in [0.3, 0.4) is 0 Å². The summed E-state index contributed by atoms with van der Waals surface area (Å²) in [7, 11) is 0. The van der Waals surface area contributed by atoms with Crippen molar-refractivity contribution >= 4 is 28.3 Å². The van der Waals surface area contributed by atoms with Crippen LogP contribution in [0.15, 0.2) is 67.0 Å². The molecule has 0 bridgehead atoms.